The van der Waals surface area contributed by atoms with E-state index in [2.05, 4.69) is 10.1 Å². The van der Waals surface area contributed by atoms with Gasteiger partial charge < -0.3 is 0 Å². The zero-order valence-electron chi connectivity index (χ0n) is 21.1. The number of ketones is 1. The van der Waals surface area contributed by atoms with Crippen LogP contribution in [0.15, 0.2) is 83.5 Å². The molecule has 6 rings (SSSR count). The Bertz CT molecular complexity index is 1750. The lowest BCUT2D eigenvalue weighted by molar-refractivity contribution is 0.0796. The van der Waals surface area contributed by atoms with Crippen LogP contribution in [0.3, 0.4) is 0 Å². The Labute approximate surface area is 231 Å². The van der Waals surface area contributed by atoms with Gasteiger partial charge in [0.1, 0.15) is 11.5 Å². The number of hydrogen-bond acceptors (Lipinski definition) is 5. The maximum atomic E-state index is 14.3. The number of carbonyl (C=O) groups excluding carboxylic acids is 1. The van der Waals surface area contributed by atoms with Gasteiger partial charge in [0, 0.05) is 11.2 Å². The van der Waals surface area contributed by atoms with E-state index in [0.717, 1.165) is 22.4 Å². The third-order valence-corrected chi connectivity index (χ3v) is 10.3. The number of pyridine rings is 1. The minimum absolute atomic E-state index is 0.128. The molecule has 0 unspecified atom stereocenters. The summed E-state index contributed by atoms with van der Waals surface area (Å²) < 4.78 is 42.8. The van der Waals surface area contributed by atoms with E-state index >= 15 is 0 Å². The number of aryl methyl sites for hydroxylation is 1. The van der Waals surface area contributed by atoms with Gasteiger partial charge in [-0.3, -0.25) is 9.78 Å². The van der Waals surface area contributed by atoms with Crippen LogP contribution in [0.25, 0.3) is 11.8 Å². The second kappa shape index (κ2) is 9.54. The molecule has 0 N–H and O–H groups in total. The molecule has 2 aliphatic carbocycles. The summed E-state index contributed by atoms with van der Waals surface area (Å²) in [7, 11) is -3.76. The molecule has 198 valence electrons. The predicted octanol–water partition coefficient (Wildman–Crippen LogP) is 6.20. The summed E-state index contributed by atoms with van der Waals surface area (Å²) in [5.41, 5.74) is 3.33. The maximum absolute atomic E-state index is 14.3. The van der Waals surface area contributed by atoms with Crippen molar-refractivity contribution < 1.29 is 17.6 Å². The number of benzene rings is 2. The average molecular weight is 562 g/mol. The van der Waals surface area contributed by atoms with Crippen LogP contribution in [0, 0.1) is 18.2 Å². The molecule has 0 amide bonds. The fourth-order valence-corrected chi connectivity index (χ4v) is 7.99. The fraction of sp³-hybridized carbons (Fsp3) is 0.233. The lowest BCUT2D eigenvalue weighted by Gasteiger charge is -2.43. The molecule has 6 nitrogen and oxygen atoms in total. The summed E-state index contributed by atoms with van der Waals surface area (Å²) in [6, 6.07) is 15.9. The predicted molar refractivity (Wildman–Crippen MR) is 147 cm³/mol. The van der Waals surface area contributed by atoms with Gasteiger partial charge in [-0.25, -0.2) is 17.5 Å². The Morgan fingerprint density at radius 3 is 2.67 bits per heavy atom. The van der Waals surface area contributed by atoms with Gasteiger partial charge in [-0.15, -0.1) is 0 Å². The van der Waals surface area contributed by atoms with Gasteiger partial charge in [0.25, 0.3) is 0 Å². The molecule has 2 aromatic carbocycles. The van der Waals surface area contributed by atoms with E-state index in [1.807, 2.05) is 19.1 Å². The van der Waals surface area contributed by atoms with E-state index in [9.17, 15) is 17.6 Å². The number of fused-ring (bicyclic) bond motifs is 2. The Balaban J connectivity index is 1.46. The first-order valence-electron chi connectivity index (χ1n) is 12.7. The van der Waals surface area contributed by atoms with Gasteiger partial charge >= 0.3 is 0 Å². The van der Waals surface area contributed by atoms with Crippen molar-refractivity contribution in [1.82, 2.24) is 14.8 Å². The SMILES string of the molecule is Cc1ccnc(C(=O)[C@]23Cc4cnn(-c5ccc(F)cc5)c4C=C2CC[C@H](S(=O)(=O)c2cccc(Cl)c2)C3)c1. The van der Waals surface area contributed by atoms with Crippen LogP contribution < -0.4 is 0 Å². The lowest BCUT2D eigenvalue weighted by Crippen LogP contribution is -2.45. The van der Waals surface area contributed by atoms with Crippen molar-refractivity contribution in [3.8, 4) is 5.69 Å². The molecule has 0 aliphatic heterocycles. The molecule has 0 spiro atoms. The van der Waals surface area contributed by atoms with Gasteiger partial charge in [-0.2, -0.15) is 5.10 Å². The second-order valence-corrected chi connectivity index (χ2v) is 13.0. The highest BCUT2D eigenvalue weighted by molar-refractivity contribution is 7.92. The Hall–Kier alpha value is -3.62. The van der Waals surface area contributed by atoms with Crippen LogP contribution in [0.1, 0.15) is 46.6 Å². The molecule has 39 heavy (non-hydrogen) atoms. The molecule has 2 heterocycles. The fourth-order valence-electron chi connectivity index (χ4n) is 5.86. The molecule has 0 bridgehead atoms. The zero-order chi connectivity index (χ0) is 27.4. The van der Waals surface area contributed by atoms with Crippen LogP contribution in [-0.4, -0.2) is 34.2 Å². The molecule has 4 aromatic rings. The van der Waals surface area contributed by atoms with E-state index in [1.165, 1.54) is 18.2 Å². The highest BCUT2D eigenvalue weighted by Gasteiger charge is 2.52. The monoisotopic (exact) mass is 561 g/mol. The first kappa shape index (κ1) is 25.6. The van der Waals surface area contributed by atoms with Crippen molar-refractivity contribution in [1.29, 1.82) is 0 Å². The van der Waals surface area contributed by atoms with Crippen molar-refractivity contribution in [2.24, 2.45) is 5.41 Å². The van der Waals surface area contributed by atoms with Crippen molar-refractivity contribution >= 4 is 33.3 Å². The molecule has 1 saturated carbocycles. The number of aromatic nitrogens is 3. The quantitative estimate of drug-likeness (QED) is 0.271. The van der Waals surface area contributed by atoms with Crippen LogP contribution >= 0.6 is 11.6 Å². The highest BCUT2D eigenvalue weighted by Crippen LogP contribution is 2.52. The van der Waals surface area contributed by atoms with Crippen molar-refractivity contribution in [3.05, 3.63) is 112 Å². The van der Waals surface area contributed by atoms with Crippen molar-refractivity contribution in [2.45, 2.75) is 42.8 Å². The number of Topliss-reactive ketones (excluding diaryl/α,β-unsaturated/α-hetero) is 1. The summed E-state index contributed by atoms with van der Waals surface area (Å²) in [5.74, 6) is -0.531. The minimum Gasteiger partial charge on any atom is -0.291 e. The summed E-state index contributed by atoms with van der Waals surface area (Å²) in [6.45, 7) is 1.89. The first-order chi connectivity index (χ1) is 18.7. The lowest BCUT2D eigenvalue weighted by atomic mass is 9.61. The average Bonchev–Trinajstić information content (AvgIpc) is 3.33. The number of carbonyl (C=O) groups is 1. The summed E-state index contributed by atoms with van der Waals surface area (Å²) in [5, 5.41) is 4.12. The van der Waals surface area contributed by atoms with E-state index in [1.54, 1.807) is 53.5 Å². The topological polar surface area (TPSA) is 81.9 Å². The normalized spacial score (nSPS) is 20.6. The maximum Gasteiger partial charge on any atom is 0.191 e. The largest absolute Gasteiger partial charge is 0.291 e. The van der Waals surface area contributed by atoms with E-state index < -0.39 is 20.5 Å². The molecular weight excluding hydrogens is 537 g/mol. The van der Waals surface area contributed by atoms with Gasteiger partial charge in [0.15, 0.2) is 15.6 Å². The Morgan fingerprint density at radius 1 is 1.13 bits per heavy atom. The Kier molecular flexibility index (Phi) is 6.27. The third kappa shape index (κ3) is 4.41. The number of rotatable bonds is 5. The van der Waals surface area contributed by atoms with Crippen LogP contribution in [-0.2, 0) is 16.3 Å². The molecule has 1 fully saturated rings. The minimum atomic E-state index is -3.76. The van der Waals surface area contributed by atoms with Crippen LogP contribution in [0.2, 0.25) is 5.02 Å². The smallest absolute Gasteiger partial charge is 0.191 e. The molecule has 9 heteroatoms. The summed E-state index contributed by atoms with van der Waals surface area (Å²) in [4.78, 5) is 18.8. The third-order valence-electron chi connectivity index (χ3n) is 7.83. The summed E-state index contributed by atoms with van der Waals surface area (Å²) >= 11 is 6.12. The van der Waals surface area contributed by atoms with Gasteiger partial charge in [0.2, 0.25) is 0 Å². The van der Waals surface area contributed by atoms with Crippen LogP contribution in [0.5, 0.6) is 0 Å². The number of halogens is 2. The van der Waals surface area contributed by atoms with E-state index in [-0.39, 0.29) is 22.9 Å². The zero-order valence-corrected chi connectivity index (χ0v) is 22.7. The van der Waals surface area contributed by atoms with Crippen molar-refractivity contribution in [2.75, 3.05) is 0 Å². The Morgan fingerprint density at radius 2 is 1.92 bits per heavy atom. The standard InChI is InChI=1S/C30H25ClFN3O3S/c1-19-11-12-33-27(13-19)29(36)30-16-20-18-34-35(24-8-6-23(32)7-9-24)28(20)14-21(30)5-10-26(17-30)39(37,38)25-4-2-3-22(31)15-25/h2-4,6-9,11-15,18,26H,5,10,16-17H2,1H3/t26-,30-/m0/s1. The number of nitrogens with zero attached hydrogens (tertiary/aromatic N) is 3. The second-order valence-electron chi connectivity index (χ2n) is 10.3. The first-order valence-corrected chi connectivity index (χ1v) is 14.6. The molecule has 2 atom stereocenters. The number of hydrogen-bond donors (Lipinski definition) is 0. The van der Waals surface area contributed by atoms with Gasteiger partial charge in [0.05, 0.1) is 33.1 Å². The molecule has 2 aromatic heterocycles. The summed E-state index contributed by atoms with van der Waals surface area (Å²) in [6.07, 6.45) is 6.50. The molecule has 0 radical (unpaired) electrons. The van der Waals surface area contributed by atoms with Crippen LogP contribution in [0.4, 0.5) is 4.39 Å². The van der Waals surface area contributed by atoms with E-state index in [0.29, 0.717) is 35.7 Å². The van der Waals surface area contributed by atoms with Gasteiger partial charge in [-0.05, 0) is 104 Å². The molecule has 0 saturated heterocycles. The van der Waals surface area contributed by atoms with E-state index in [4.69, 9.17) is 11.6 Å². The highest BCUT2D eigenvalue weighted by atomic mass is 35.5. The molecular formula is C30H25ClFN3O3S. The van der Waals surface area contributed by atoms with Crippen molar-refractivity contribution in [3.63, 3.8) is 0 Å². The van der Waals surface area contributed by atoms with Gasteiger partial charge in [-0.1, -0.05) is 23.2 Å². The number of allylic oxidation sites excluding steroid dienone is 1. The molecule has 2 aliphatic rings. The number of sulfone groups is 1.